The molecule has 2 fully saturated rings. The second-order valence-corrected chi connectivity index (χ2v) is 6.38. The van der Waals surface area contributed by atoms with Gasteiger partial charge in [-0.2, -0.15) is 0 Å². The van der Waals surface area contributed by atoms with E-state index in [-0.39, 0.29) is 22.5 Å². The van der Waals surface area contributed by atoms with Crippen LogP contribution < -0.4 is 5.73 Å². The van der Waals surface area contributed by atoms with E-state index in [1.165, 1.54) is 0 Å². The van der Waals surface area contributed by atoms with Crippen LogP contribution in [0.1, 0.15) is 29.6 Å². The van der Waals surface area contributed by atoms with Gasteiger partial charge < -0.3 is 10.6 Å². The summed E-state index contributed by atoms with van der Waals surface area (Å²) in [5, 5.41) is -0.318. The fourth-order valence-electron chi connectivity index (χ4n) is 3.54. The van der Waals surface area contributed by atoms with Gasteiger partial charge in [0.2, 0.25) is 0 Å². The van der Waals surface area contributed by atoms with Crippen LogP contribution >= 0.6 is 11.6 Å². The third-order valence-corrected chi connectivity index (χ3v) is 4.97. The van der Waals surface area contributed by atoms with Crippen molar-refractivity contribution in [1.82, 2.24) is 4.90 Å². The lowest BCUT2D eigenvalue weighted by atomic mass is 9.78. The Labute approximate surface area is 127 Å². The summed E-state index contributed by atoms with van der Waals surface area (Å²) in [5.74, 6) is -1.41. The summed E-state index contributed by atoms with van der Waals surface area (Å²) in [6.45, 7) is 1.09. The number of rotatable bonds is 1. The standard InChI is InChI=1S/C15H17ClF2N2O/c16-11-5-12(17)9(4-13(11)18)15(21)20-6-8-2-1-3-14(19)10(8)7-20/h4-5,8,10,14H,1-3,6-7,19H2. The van der Waals surface area contributed by atoms with Crippen molar-refractivity contribution >= 4 is 17.5 Å². The largest absolute Gasteiger partial charge is 0.338 e. The molecule has 1 aromatic rings. The Kier molecular flexibility index (Phi) is 3.88. The molecular weight excluding hydrogens is 298 g/mol. The van der Waals surface area contributed by atoms with Crippen LogP contribution in [-0.2, 0) is 0 Å². The van der Waals surface area contributed by atoms with E-state index in [9.17, 15) is 13.6 Å². The number of nitrogens with zero attached hydrogens (tertiary/aromatic N) is 1. The van der Waals surface area contributed by atoms with E-state index < -0.39 is 17.5 Å². The highest BCUT2D eigenvalue weighted by atomic mass is 35.5. The maximum atomic E-state index is 13.9. The van der Waals surface area contributed by atoms with E-state index in [0.29, 0.717) is 19.0 Å². The number of benzene rings is 1. The summed E-state index contributed by atoms with van der Waals surface area (Å²) in [4.78, 5) is 14.0. The van der Waals surface area contributed by atoms with Gasteiger partial charge in [0.25, 0.3) is 5.91 Å². The molecule has 3 rings (SSSR count). The van der Waals surface area contributed by atoms with E-state index >= 15 is 0 Å². The van der Waals surface area contributed by atoms with Gasteiger partial charge >= 0.3 is 0 Å². The topological polar surface area (TPSA) is 46.3 Å². The molecule has 3 atom stereocenters. The van der Waals surface area contributed by atoms with Crippen LogP contribution in [0, 0.1) is 23.5 Å². The van der Waals surface area contributed by atoms with Crippen molar-refractivity contribution in [1.29, 1.82) is 0 Å². The van der Waals surface area contributed by atoms with Gasteiger partial charge in [-0.1, -0.05) is 18.0 Å². The summed E-state index contributed by atoms with van der Waals surface area (Å²) in [6, 6.07) is 1.81. The lowest BCUT2D eigenvalue weighted by Gasteiger charge is -2.29. The van der Waals surface area contributed by atoms with Crippen LogP contribution in [-0.4, -0.2) is 29.9 Å². The van der Waals surface area contributed by atoms with Gasteiger partial charge in [-0.15, -0.1) is 0 Å². The Morgan fingerprint density at radius 2 is 2.00 bits per heavy atom. The van der Waals surface area contributed by atoms with Crippen LogP contribution in [0.2, 0.25) is 5.02 Å². The van der Waals surface area contributed by atoms with E-state index in [2.05, 4.69) is 0 Å². The van der Waals surface area contributed by atoms with Crippen molar-refractivity contribution in [2.75, 3.05) is 13.1 Å². The molecule has 1 saturated carbocycles. The monoisotopic (exact) mass is 314 g/mol. The molecule has 1 aromatic carbocycles. The summed E-state index contributed by atoms with van der Waals surface area (Å²) in [6.07, 6.45) is 3.07. The summed E-state index contributed by atoms with van der Waals surface area (Å²) in [5.41, 5.74) is 5.85. The third-order valence-electron chi connectivity index (χ3n) is 4.68. The first-order valence-electron chi connectivity index (χ1n) is 7.16. The zero-order chi connectivity index (χ0) is 15.1. The predicted octanol–water partition coefficient (Wildman–Crippen LogP) is 2.82. The van der Waals surface area contributed by atoms with Gasteiger partial charge in [-0.25, -0.2) is 8.78 Å². The predicted molar refractivity (Wildman–Crippen MR) is 76.1 cm³/mol. The number of hydrogen-bond acceptors (Lipinski definition) is 2. The maximum Gasteiger partial charge on any atom is 0.256 e. The van der Waals surface area contributed by atoms with Crippen LogP contribution in [0.25, 0.3) is 0 Å². The summed E-state index contributed by atoms with van der Waals surface area (Å²) in [7, 11) is 0. The quantitative estimate of drug-likeness (QED) is 0.810. The number of nitrogens with two attached hydrogens (primary N) is 1. The van der Waals surface area contributed by atoms with E-state index in [4.69, 9.17) is 17.3 Å². The highest BCUT2D eigenvalue weighted by Crippen LogP contribution is 2.36. The molecule has 1 aliphatic carbocycles. The van der Waals surface area contributed by atoms with Gasteiger partial charge in [0.05, 0.1) is 10.6 Å². The molecule has 3 nitrogen and oxygen atoms in total. The molecule has 2 aliphatic rings. The minimum atomic E-state index is -0.787. The van der Waals surface area contributed by atoms with Crippen molar-refractivity contribution in [2.24, 2.45) is 17.6 Å². The molecule has 0 spiro atoms. The fourth-order valence-corrected chi connectivity index (χ4v) is 3.69. The summed E-state index contributed by atoms with van der Waals surface area (Å²) >= 11 is 5.51. The van der Waals surface area contributed by atoms with Gasteiger partial charge in [0.1, 0.15) is 11.6 Å². The van der Waals surface area contributed by atoms with Crippen LogP contribution in [0.3, 0.4) is 0 Å². The number of carbonyl (C=O) groups is 1. The Morgan fingerprint density at radius 1 is 1.24 bits per heavy atom. The van der Waals surface area contributed by atoms with Crippen molar-refractivity contribution in [3.05, 3.63) is 34.4 Å². The Bertz CT molecular complexity index is 581. The van der Waals surface area contributed by atoms with E-state index in [0.717, 1.165) is 31.4 Å². The van der Waals surface area contributed by atoms with Crippen molar-refractivity contribution < 1.29 is 13.6 Å². The minimum Gasteiger partial charge on any atom is -0.338 e. The average Bonchev–Trinajstić information content (AvgIpc) is 2.87. The van der Waals surface area contributed by atoms with Gasteiger partial charge in [0.15, 0.2) is 0 Å². The molecule has 0 radical (unpaired) electrons. The zero-order valence-corrected chi connectivity index (χ0v) is 12.2. The molecule has 1 heterocycles. The first-order valence-corrected chi connectivity index (χ1v) is 7.54. The molecule has 0 bridgehead atoms. The molecule has 21 heavy (non-hydrogen) atoms. The maximum absolute atomic E-state index is 13.9. The van der Waals surface area contributed by atoms with Gasteiger partial charge in [0, 0.05) is 19.1 Å². The number of likely N-dealkylation sites (tertiary alicyclic amines) is 1. The molecule has 3 unspecified atom stereocenters. The van der Waals surface area contributed by atoms with Crippen molar-refractivity contribution in [2.45, 2.75) is 25.3 Å². The first kappa shape index (κ1) is 14.7. The highest BCUT2D eigenvalue weighted by molar-refractivity contribution is 6.30. The number of fused-ring (bicyclic) bond motifs is 1. The van der Waals surface area contributed by atoms with Gasteiger partial charge in [-0.3, -0.25) is 4.79 Å². The summed E-state index contributed by atoms with van der Waals surface area (Å²) < 4.78 is 27.3. The second-order valence-electron chi connectivity index (χ2n) is 5.97. The lowest BCUT2D eigenvalue weighted by Crippen LogP contribution is -2.38. The Hall–Kier alpha value is -1.20. The van der Waals surface area contributed by atoms with E-state index in [1.54, 1.807) is 4.90 Å². The lowest BCUT2D eigenvalue weighted by molar-refractivity contribution is 0.0778. The van der Waals surface area contributed by atoms with Gasteiger partial charge in [-0.05, 0) is 36.8 Å². The second kappa shape index (κ2) is 5.54. The highest BCUT2D eigenvalue weighted by Gasteiger charge is 2.41. The molecule has 114 valence electrons. The van der Waals surface area contributed by atoms with E-state index in [1.807, 2.05) is 0 Å². The van der Waals surface area contributed by atoms with Crippen LogP contribution in [0.5, 0.6) is 0 Å². The van der Waals surface area contributed by atoms with Crippen LogP contribution in [0.15, 0.2) is 12.1 Å². The van der Waals surface area contributed by atoms with Crippen LogP contribution in [0.4, 0.5) is 8.78 Å². The number of carbonyl (C=O) groups excluding carboxylic acids is 1. The fraction of sp³-hybridized carbons (Fsp3) is 0.533. The molecule has 2 N–H and O–H groups in total. The molecular formula is C15H17ClF2N2O. The molecule has 1 aliphatic heterocycles. The SMILES string of the molecule is NC1CCCC2CN(C(=O)c3cc(F)c(Cl)cc3F)CC12. The normalized spacial score (nSPS) is 28.6. The Morgan fingerprint density at radius 3 is 2.71 bits per heavy atom. The molecule has 1 saturated heterocycles. The molecule has 1 amide bonds. The van der Waals surface area contributed by atoms with Crippen molar-refractivity contribution in [3.8, 4) is 0 Å². The average molecular weight is 315 g/mol. The molecule has 0 aromatic heterocycles. The smallest absolute Gasteiger partial charge is 0.256 e. The first-order chi connectivity index (χ1) is 9.97. The zero-order valence-electron chi connectivity index (χ0n) is 11.5. The third kappa shape index (κ3) is 2.64. The number of halogens is 3. The Balaban J connectivity index is 1.82. The number of amides is 1. The molecule has 6 heteroatoms. The number of hydrogen-bond donors (Lipinski definition) is 1. The van der Waals surface area contributed by atoms with Crippen molar-refractivity contribution in [3.63, 3.8) is 0 Å². The minimum absolute atomic E-state index is 0.0911.